The number of carbonyl (C=O) groups excluding carboxylic acids is 1. The first-order valence-corrected chi connectivity index (χ1v) is 8.65. The summed E-state index contributed by atoms with van der Waals surface area (Å²) in [5.74, 6) is -0.815. The van der Waals surface area contributed by atoms with Crippen LogP contribution in [-0.4, -0.2) is 28.0 Å². The van der Waals surface area contributed by atoms with Crippen molar-refractivity contribution in [3.05, 3.63) is 54.3 Å². The average molecular weight is 343 g/mol. The number of hydrogen-bond donors (Lipinski definition) is 3. The number of nitrogens with one attached hydrogen (secondary N) is 1. The van der Waals surface area contributed by atoms with Crippen LogP contribution in [0.25, 0.3) is 0 Å². The van der Waals surface area contributed by atoms with Gasteiger partial charge in [0.2, 0.25) is 0 Å². The van der Waals surface area contributed by atoms with Gasteiger partial charge in [-0.15, -0.1) is 0 Å². The fourth-order valence-electron chi connectivity index (χ4n) is 3.11. The van der Waals surface area contributed by atoms with E-state index in [9.17, 15) is 19.8 Å². The Morgan fingerprint density at radius 3 is 2.40 bits per heavy atom. The van der Waals surface area contributed by atoms with Crippen molar-refractivity contribution < 1.29 is 19.8 Å². The smallest absolute Gasteiger partial charge is 0.326 e. The number of aromatic hydroxyl groups is 1. The van der Waals surface area contributed by atoms with Crippen molar-refractivity contribution in [3.63, 3.8) is 0 Å². The molecule has 0 spiro atoms. The summed E-state index contributed by atoms with van der Waals surface area (Å²) in [6.45, 7) is 3.69. The Morgan fingerprint density at radius 1 is 1.20 bits per heavy atom. The molecular weight excluding hydrogens is 318 g/mol. The molecule has 0 bridgehead atoms. The topological polar surface area (TPSA) is 86.6 Å². The van der Waals surface area contributed by atoms with Gasteiger partial charge in [0.05, 0.1) is 0 Å². The zero-order valence-corrected chi connectivity index (χ0v) is 14.3. The van der Waals surface area contributed by atoms with Crippen LogP contribution in [0.4, 0.5) is 0 Å². The second kappa shape index (κ2) is 9.06. The molecule has 0 saturated heterocycles. The molecule has 5 nitrogen and oxygen atoms in total. The predicted molar refractivity (Wildman–Crippen MR) is 96.2 cm³/mol. The van der Waals surface area contributed by atoms with Crippen molar-refractivity contribution in [1.29, 1.82) is 0 Å². The van der Waals surface area contributed by atoms with E-state index in [0.29, 0.717) is 5.57 Å². The lowest BCUT2D eigenvalue weighted by atomic mass is 9.84. The van der Waals surface area contributed by atoms with Crippen LogP contribution in [-0.2, 0) is 16.0 Å². The summed E-state index contributed by atoms with van der Waals surface area (Å²) in [4.78, 5) is 24.0. The van der Waals surface area contributed by atoms with Gasteiger partial charge < -0.3 is 15.5 Å². The van der Waals surface area contributed by atoms with Gasteiger partial charge in [-0.25, -0.2) is 4.79 Å². The molecule has 0 amide bonds. The van der Waals surface area contributed by atoms with Crippen molar-refractivity contribution in [2.75, 3.05) is 0 Å². The minimum atomic E-state index is -1.00. The number of allylic oxidation sites excluding steroid dienone is 2. The Morgan fingerprint density at radius 2 is 1.84 bits per heavy atom. The third-order valence-corrected chi connectivity index (χ3v) is 4.59. The summed E-state index contributed by atoms with van der Waals surface area (Å²) < 4.78 is 0. The Hall–Kier alpha value is -2.56. The standard InChI is InChI=1S/C20H25NO4/c1-2-15(19(23)16-6-4-3-5-7-16)13-21-18(20(24)25)12-14-8-10-17(22)11-9-14/h2,8-11,13,16,18,21-22H,1,3-7,12H2,(H,24,25)/b15-13+. The fourth-order valence-corrected chi connectivity index (χ4v) is 3.11. The van der Waals surface area contributed by atoms with E-state index in [1.165, 1.54) is 30.8 Å². The molecule has 1 aromatic rings. The molecule has 2 rings (SSSR count). The summed E-state index contributed by atoms with van der Waals surface area (Å²) in [6, 6.07) is 5.53. The van der Waals surface area contributed by atoms with Gasteiger partial charge in [-0.3, -0.25) is 4.79 Å². The minimum absolute atomic E-state index is 0.0141. The Kier molecular flexibility index (Phi) is 6.81. The Bertz CT molecular complexity index is 642. The Balaban J connectivity index is 2.04. The monoisotopic (exact) mass is 343 g/mol. The highest BCUT2D eigenvalue weighted by molar-refractivity contribution is 5.99. The van der Waals surface area contributed by atoms with Crippen molar-refractivity contribution >= 4 is 11.8 Å². The van der Waals surface area contributed by atoms with Crippen molar-refractivity contribution in [3.8, 4) is 5.75 Å². The molecule has 5 heteroatoms. The van der Waals surface area contributed by atoms with Gasteiger partial charge in [0.15, 0.2) is 5.78 Å². The molecule has 1 fully saturated rings. The number of carboxylic acids is 1. The normalized spacial score (nSPS) is 16.9. The van der Waals surface area contributed by atoms with Crippen molar-refractivity contribution in [2.45, 2.75) is 44.6 Å². The molecule has 0 heterocycles. The van der Waals surface area contributed by atoms with Crippen LogP contribution in [0.15, 0.2) is 48.7 Å². The maximum Gasteiger partial charge on any atom is 0.326 e. The summed E-state index contributed by atoms with van der Waals surface area (Å²) in [5.41, 5.74) is 1.22. The number of phenols is 1. The lowest BCUT2D eigenvalue weighted by Crippen LogP contribution is -2.36. The highest BCUT2D eigenvalue weighted by Crippen LogP contribution is 2.26. The molecule has 134 valence electrons. The quantitative estimate of drug-likeness (QED) is 0.498. The maximum absolute atomic E-state index is 12.6. The minimum Gasteiger partial charge on any atom is -0.508 e. The third kappa shape index (κ3) is 5.48. The third-order valence-electron chi connectivity index (χ3n) is 4.59. The number of ketones is 1. The number of phenolic OH excluding ortho intramolecular Hbond substituents is 1. The maximum atomic E-state index is 12.6. The predicted octanol–water partition coefficient (Wildman–Crippen LogP) is 3.20. The van der Waals surface area contributed by atoms with E-state index in [1.807, 2.05) is 0 Å². The summed E-state index contributed by atoms with van der Waals surface area (Å²) in [6.07, 6.45) is 8.28. The molecular formula is C20H25NO4. The fraction of sp³-hybridized carbons (Fsp3) is 0.400. The molecule has 1 aliphatic rings. The first kappa shape index (κ1) is 18.8. The van der Waals surface area contributed by atoms with E-state index < -0.39 is 12.0 Å². The molecule has 0 aliphatic heterocycles. The van der Waals surface area contributed by atoms with Gasteiger partial charge >= 0.3 is 5.97 Å². The van der Waals surface area contributed by atoms with E-state index in [1.54, 1.807) is 12.1 Å². The summed E-state index contributed by atoms with van der Waals surface area (Å²) in [5, 5.41) is 21.6. The SMILES string of the molecule is C=C/C(=C\NC(Cc1ccc(O)cc1)C(=O)O)C(=O)C1CCCCC1. The Labute approximate surface area is 148 Å². The molecule has 1 aromatic carbocycles. The number of carbonyl (C=O) groups is 2. The lowest BCUT2D eigenvalue weighted by molar-refractivity contribution is -0.139. The molecule has 1 unspecified atom stereocenters. The van der Waals surface area contributed by atoms with Crippen LogP contribution < -0.4 is 5.32 Å². The van der Waals surface area contributed by atoms with E-state index >= 15 is 0 Å². The van der Waals surface area contributed by atoms with E-state index in [-0.39, 0.29) is 23.9 Å². The van der Waals surface area contributed by atoms with Crippen LogP contribution in [0.2, 0.25) is 0 Å². The van der Waals surface area contributed by atoms with Crippen LogP contribution in [0, 0.1) is 5.92 Å². The first-order valence-electron chi connectivity index (χ1n) is 8.65. The zero-order chi connectivity index (χ0) is 18.2. The number of Topliss-reactive ketones (excluding diaryl/α,β-unsaturated/α-hetero) is 1. The van der Waals surface area contributed by atoms with Crippen LogP contribution in [0.5, 0.6) is 5.75 Å². The summed E-state index contributed by atoms with van der Waals surface area (Å²) >= 11 is 0. The highest BCUT2D eigenvalue weighted by Gasteiger charge is 2.23. The van der Waals surface area contributed by atoms with Crippen molar-refractivity contribution in [2.24, 2.45) is 5.92 Å². The number of rotatable bonds is 8. The zero-order valence-electron chi connectivity index (χ0n) is 14.3. The first-order chi connectivity index (χ1) is 12.0. The summed E-state index contributed by atoms with van der Waals surface area (Å²) in [7, 11) is 0. The van der Waals surface area contributed by atoms with Gasteiger partial charge in [0.1, 0.15) is 11.8 Å². The van der Waals surface area contributed by atoms with E-state index in [4.69, 9.17) is 0 Å². The number of carboxylic acid groups (broad SMARTS) is 1. The van der Waals surface area contributed by atoms with Crippen LogP contribution in [0.1, 0.15) is 37.7 Å². The molecule has 1 saturated carbocycles. The molecule has 3 N–H and O–H groups in total. The van der Waals surface area contributed by atoms with Crippen LogP contribution in [0.3, 0.4) is 0 Å². The van der Waals surface area contributed by atoms with E-state index in [0.717, 1.165) is 31.2 Å². The average Bonchev–Trinajstić information content (AvgIpc) is 2.63. The molecule has 0 aromatic heterocycles. The molecule has 1 aliphatic carbocycles. The lowest BCUT2D eigenvalue weighted by Gasteiger charge is -2.21. The molecule has 0 radical (unpaired) electrons. The second-order valence-corrected chi connectivity index (χ2v) is 6.43. The van der Waals surface area contributed by atoms with Gasteiger partial charge in [-0.1, -0.05) is 44.1 Å². The molecule has 1 atom stereocenters. The second-order valence-electron chi connectivity index (χ2n) is 6.43. The van der Waals surface area contributed by atoms with Crippen molar-refractivity contribution in [1.82, 2.24) is 5.32 Å². The van der Waals surface area contributed by atoms with Gasteiger partial charge in [0, 0.05) is 24.1 Å². The highest BCUT2D eigenvalue weighted by atomic mass is 16.4. The van der Waals surface area contributed by atoms with E-state index in [2.05, 4.69) is 11.9 Å². The van der Waals surface area contributed by atoms with Crippen LogP contribution >= 0.6 is 0 Å². The van der Waals surface area contributed by atoms with Gasteiger partial charge in [-0.05, 0) is 30.5 Å². The van der Waals surface area contributed by atoms with Gasteiger partial charge in [0.25, 0.3) is 0 Å². The number of benzene rings is 1. The van der Waals surface area contributed by atoms with Gasteiger partial charge in [-0.2, -0.15) is 0 Å². The molecule has 25 heavy (non-hydrogen) atoms. The number of hydrogen-bond acceptors (Lipinski definition) is 4. The number of aliphatic carboxylic acids is 1. The largest absolute Gasteiger partial charge is 0.508 e.